The molecule has 2 aliphatic heterocycles. The Morgan fingerprint density at radius 2 is 1.87 bits per heavy atom. The molecule has 1 saturated heterocycles. The van der Waals surface area contributed by atoms with Gasteiger partial charge in [-0.2, -0.15) is 0 Å². The average molecular weight is 441 g/mol. The van der Waals surface area contributed by atoms with E-state index in [0.717, 1.165) is 50.3 Å². The molecule has 1 spiro atoms. The zero-order valence-corrected chi connectivity index (χ0v) is 19.2. The predicted molar refractivity (Wildman–Crippen MR) is 127 cm³/mol. The number of ether oxygens (including phenoxy) is 2. The van der Waals surface area contributed by atoms with Gasteiger partial charge in [-0.15, -0.1) is 0 Å². The summed E-state index contributed by atoms with van der Waals surface area (Å²) in [5.41, 5.74) is 4.61. The minimum Gasteiger partial charge on any atom is -0.482 e. The van der Waals surface area contributed by atoms with Gasteiger partial charge >= 0.3 is 0 Å². The third-order valence-electron chi connectivity index (χ3n) is 5.89. The van der Waals surface area contributed by atoms with Crippen molar-refractivity contribution >= 4 is 17.8 Å². The smallest absolute Gasteiger partial charge is 0.130 e. The number of nitrogens with one attached hydrogen (secondary N) is 1. The van der Waals surface area contributed by atoms with E-state index in [4.69, 9.17) is 13.7 Å². The van der Waals surface area contributed by atoms with Gasteiger partial charge in [0.1, 0.15) is 11.4 Å². The van der Waals surface area contributed by atoms with E-state index in [0.29, 0.717) is 13.2 Å². The summed E-state index contributed by atoms with van der Waals surface area (Å²) in [6.07, 6.45) is 4.34. The Kier molecular flexibility index (Phi) is 7.69. The maximum Gasteiger partial charge on any atom is 0.130 e. The molecule has 0 aromatic heterocycles. The van der Waals surface area contributed by atoms with E-state index in [1.807, 2.05) is 0 Å². The molecule has 0 aliphatic carbocycles. The van der Waals surface area contributed by atoms with Crippen LogP contribution < -0.4 is 10.1 Å². The monoisotopic (exact) mass is 440 g/mol. The SMILES string of the molecule is CCN(CCOC)SOCc1ccc(C2=CC3(CCNCC3)Oc3ccccc32)cc1. The van der Waals surface area contributed by atoms with Gasteiger partial charge in [-0.1, -0.05) is 49.4 Å². The number of hydrogen-bond acceptors (Lipinski definition) is 6. The van der Waals surface area contributed by atoms with E-state index in [9.17, 15) is 0 Å². The van der Waals surface area contributed by atoms with Crippen LogP contribution in [0.5, 0.6) is 5.75 Å². The first-order valence-corrected chi connectivity index (χ1v) is 11.8. The van der Waals surface area contributed by atoms with Crippen LogP contribution in [0.1, 0.15) is 36.5 Å². The second kappa shape index (κ2) is 10.7. The zero-order valence-electron chi connectivity index (χ0n) is 18.4. The highest BCUT2D eigenvalue weighted by Crippen LogP contribution is 2.42. The topological polar surface area (TPSA) is 43.0 Å². The number of hydrogen-bond donors (Lipinski definition) is 1. The van der Waals surface area contributed by atoms with Gasteiger partial charge in [0.25, 0.3) is 0 Å². The Morgan fingerprint density at radius 3 is 2.61 bits per heavy atom. The molecular weight excluding hydrogens is 408 g/mol. The van der Waals surface area contributed by atoms with Crippen molar-refractivity contribution in [3.8, 4) is 5.75 Å². The fraction of sp³-hybridized carbons (Fsp3) is 0.440. The van der Waals surface area contributed by atoms with E-state index >= 15 is 0 Å². The minimum absolute atomic E-state index is 0.209. The van der Waals surface area contributed by atoms with Gasteiger partial charge in [-0.25, -0.2) is 4.31 Å². The maximum atomic E-state index is 6.50. The van der Waals surface area contributed by atoms with Gasteiger partial charge in [0, 0.05) is 38.6 Å². The van der Waals surface area contributed by atoms with Crippen LogP contribution in [0.15, 0.2) is 54.6 Å². The van der Waals surface area contributed by atoms with Crippen LogP contribution in [0.25, 0.3) is 5.57 Å². The number of para-hydroxylation sites is 1. The summed E-state index contributed by atoms with van der Waals surface area (Å²) in [4.78, 5) is 0. The normalized spacial score (nSPS) is 17.3. The van der Waals surface area contributed by atoms with Crippen molar-refractivity contribution in [1.29, 1.82) is 0 Å². The van der Waals surface area contributed by atoms with E-state index < -0.39 is 0 Å². The molecule has 4 rings (SSSR count). The highest BCUT2D eigenvalue weighted by atomic mass is 32.2. The van der Waals surface area contributed by atoms with Gasteiger partial charge in [-0.3, -0.25) is 4.18 Å². The van der Waals surface area contributed by atoms with Crippen molar-refractivity contribution in [2.75, 3.05) is 39.9 Å². The number of methoxy groups -OCH3 is 1. The Morgan fingerprint density at radius 1 is 1.10 bits per heavy atom. The first-order valence-electron chi connectivity index (χ1n) is 11.1. The van der Waals surface area contributed by atoms with Crippen LogP contribution in [0, 0.1) is 0 Å². The van der Waals surface area contributed by atoms with Crippen molar-refractivity contribution in [2.24, 2.45) is 0 Å². The molecule has 2 heterocycles. The van der Waals surface area contributed by atoms with E-state index in [1.54, 1.807) is 7.11 Å². The molecule has 1 fully saturated rings. The zero-order chi connectivity index (χ0) is 21.5. The summed E-state index contributed by atoms with van der Waals surface area (Å²) < 4.78 is 19.6. The third kappa shape index (κ3) is 5.51. The number of benzene rings is 2. The molecule has 2 aliphatic rings. The Bertz CT molecular complexity index is 879. The number of piperidine rings is 1. The third-order valence-corrected chi connectivity index (χ3v) is 6.77. The molecule has 0 amide bonds. The van der Waals surface area contributed by atoms with Crippen LogP contribution in [-0.2, 0) is 15.5 Å². The molecule has 0 radical (unpaired) electrons. The highest BCUT2D eigenvalue weighted by Gasteiger charge is 2.36. The number of nitrogens with zero attached hydrogens (tertiary/aromatic N) is 1. The molecule has 5 nitrogen and oxygen atoms in total. The van der Waals surface area contributed by atoms with Gasteiger partial charge in [0.05, 0.1) is 25.4 Å². The summed E-state index contributed by atoms with van der Waals surface area (Å²) in [6.45, 7) is 7.14. The molecule has 31 heavy (non-hydrogen) atoms. The summed E-state index contributed by atoms with van der Waals surface area (Å²) >= 11 is 1.41. The second-order valence-electron chi connectivity index (χ2n) is 8.02. The van der Waals surface area contributed by atoms with E-state index in [-0.39, 0.29) is 5.60 Å². The summed E-state index contributed by atoms with van der Waals surface area (Å²) in [7, 11) is 1.72. The first-order chi connectivity index (χ1) is 15.2. The minimum atomic E-state index is -0.209. The molecule has 0 bridgehead atoms. The van der Waals surface area contributed by atoms with Crippen molar-refractivity contribution in [3.63, 3.8) is 0 Å². The van der Waals surface area contributed by atoms with E-state index in [2.05, 4.69) is 71.2 Å². The molecule has 6 heteroatoms. The molecule has 0 atom stereocenters. The largest absolute Gasteiger partial charge is 0.482 e. The average Bonchev–Trinajstić information content (AvgIpc) is 2.81. The second-order valence-corrected chi connectivity index (χ2v) is 8.92. The van der Waals surface area contributed by atoms with Crippen molar-refractivity contribution in [1.82, 2.24) is 9.62 Å². The van der Waals surface area contributed by atoms with Crippen LogP contribution in [-0.4, -0.2) is 49.8 Å². The fourth-order valence-electron chi connectivity index (χ4n) is 4.09. The molecular formula is C25H32N2O3S. The molecule has 2 aromatic rings. The Labute approximate surface area is 190 Å². The molecule has 1 N–H and O–H groups in total. The number of rotatable bonds is 9. The summed E-state index contributed by atoms with van der Waals surface area (Å²) in [5, 5.41) is 3.45. The lowest BCUT2D eigenvalue weighted by Crippen LogP contribution is -2.46. The van der Waals surface area contributed by atoms with Gasteiger partial charge in [0.15, 0.2) is 0 Å². The van der Waals surface area contributed by atoms with Gasteiger partial charge < -0.3 is 14.8 Å². The van der Waals surface area contributed by atoms with E-state index in [1.165, 1.54) is 28.9 Å². The van der Waals surface area contributed by atoms with Gasteiger partial charge in [0.2, 0.25) is 0 Å². The number of fused-ring (bicyclic) bond motifs is 1. The maximum absolute atomic E-state index is 6.50. The predicted octanol–water partition coefficient (Wildman–Crippen LogP) is 4.68. The number of likely N-dealkylation sites (N-methyl/N-ethyl adjacent to an activating group) is 1. The molecule has 0 unspecified atom stereocenters. The molecule has 2 aromatic carbocycles. The summed E-state index contributed by atoms with van der Waals surface area (Å²) in [5.74, 6) is 0.987. The van der Waals surface area contributed by atoms with Crippen molar-refractivity contribution < 1.29 is 13.7 Å². The lowest BCUT2D eigenvalue weighted by atomic mass is 9.83. The molecule has 0 saturated carbocycles. The fourth-order valence-corrected chi connectivity index (χ4v) is 4.69. The van der Waals surface area contributed by atoms with Crippen LogP contribution >= 0.6 is 12.2 Å². The highest BCUT2D eigenvalue weighted by molar-refractivity contribution is 7.92. The van der Waals surface area contributed by atoms with Gasteiger partial charge in [-0.05, 0) is 41.9 Å². The lowest BCUT2D eigenvalue weighted by Gasteiger charge is -2.40. The van der Waals surface area contributed by atoms with Crippen LogP contribution in [0.3, 0.4) is 0 Å². The standard InChI is InChI=1S/C25H32N2O3S/c1-3-27(16-17-28-2)31-29-19-20-8-10-21(11-9-20)23-18-25(12-14-26-15-13-25)30-24-7-5-4-6-22(23)24/h4-11,18,26H,3,12-17,19H2,1-2H3. The van der Waals surface area contributed by atoms with Crippen molar-refractivity contribution in [3.05, 3.63) is 71.3 Å². The van der Waals surface area contributed by atoms with Crippen molar-refractivity contribution in [2.45, 2.75) is 32.0 Å². The summed E-state index contributed by atoms with van der Waals surface area (Å²) in [6, 6.07) is 17.1. The van der Waals surface area contributed by atoms with Crippen LogP contribution in [0.4, 0.5) is 0 Å². The Balaban J connectivity index is 1.47. The lowest BCUT2D eigenvalue weighted by molar-refractivity contribution is 0.0817. The molecule has 166 valence electrons. The van der Waals surface area contributed by atoms with Crippen LogP contribution in [0.2, 0.25) is 0 Å². The first kappa shape index (κ1) is 22.4. The quantitative estimate of drug-likeness (QED) is 0.451. The Hall–Kier alpha value is -1.83.